The molecular weight excluding hydrogens is 732 g/mol. The van der Waals surface area contributed by atoms with Gasteiger partial charge < -0.3 is 9.13 Å². The van der Waals surface area contributed by atoms with Crippen LogP contribution in [0.4, 0.5) is 0 Å². The number of benzene rings is 9. The van der Waals surface area contributed by atoms with E-state index in [-0.39, 0.29) is 0 Å². The Morgan fingerprint density at radius 2 is 0.764 bits per heavy atom. The Kier molecular flexibility index (Phi) is 7.36. The van der Waals surface area contributed by atoms with Gasteiger partial charge in [-0.15, -0.1) is 0 Å². The van der Waals surface area contributed by atoms with Crippen molar-refractivity contribution in [2.24, 2.45) is 0 Å². The highest BCUT2D eigenvalue weighted by Gasteiger charge is 2.18. The minimum Gasteiger partial charge on any atom is -0.309 e. The fraction of sp³-hybridized carbons (Fsp3) is 0. The first kappa shape index (κ1) is 31.8. The summed E-state index contributed by atoms with van der Waals surface area (Å²) in [5.41, 5.74) is 14.3. The van der Waals surface area contributed by atoms with Gasteiger partial charge in [0.25, 0.3) is 0 Å². The number of hydrogen-bond acceptors (Lipinski definition) is 0. The number of para-hydroxylation sites is 3. The molecular formula is C52H33BrN2. The van der Waals surface area contributed by atoms with Crippen molar-refractivity contribution in [1.29, 1.82) is 0 Å². The van der Waals surface area contributed by atoms with Crippen molar-refractivity contribution in [1.82, 2.24) is 9.13 Å². The van der Waals surface area contributed by atoms with Crippen LogP contribution in [0, 0.1) is 0 Å². The molecule has 55 heavy (non-hydrogen) atoms. The average molecular weight is 766 g/mol. The third-order valence-corrected chi connectivity index (χ3v) is 11.7. The number of rotatable bonds is 5. The van der Waals surface area contributed by atoms with Crippen LogP contribution in [-0.4, -0.2) is 9.13 Å². The van der Waals surface area contributed by atoms with Gasteiger partial charge in [0.2, 0.25) is 0 Å². The van der Waals surface area contributed by atoms with E-state index >= 15 is 0 Å². The zero-order valence-corrected chi connectivity index (χ0v) is 31.4. The van der Waals surface area contributed by atoms with Gasteiger partial charge in [-0.1, -0.05) is 125 Å². The van der Waals surface area contributed by atoms with Gasteiger partial charge in [0.05, 0.1) is 22.1 Å². The Labute approximate surface area is 327 Å². The topological polar surface area (TPSA) is 9.86 Å². The molecule has 2 heterocycles. The Bertz CT molecular complexity index is 3240. The van der Waals surface area contributed by atoms with Crippen molar-refractivity contribution in [3.63, 3.8) is 0 Å². The van der Waals surface area contributed by atoms with E-state index in [0.29, 0.717) is 0 Å². The number of nitrogens with zero attached hydrogens (tertiary/aromatic N) is 2. The van der Waals surface area contributed by atoms with E-state index in [9.17, 15) is 0 Å². The second-order valence-corrected chi connectivity index (χ2v) is 15.2. The predicted octanol–water partition coefficient (Wildman–Crippen LogP) is 14.8. The minimum absolute atomic E-state index is 1.07. The van der Waals surface area contributed by atoms with Crippen LogP contribution in [-0.2, 0) is 0 Å². The molecule has 0 saturated heterocycles. The molecule has 0 spiro atoms. The first-order valence-corrected chi connectivity index (χ1v) is 19.5. The van der Waals surface area contributed by atoms with E-state index < -0.39 is 0 Å². The summed E-state index contributed by atoms with van der Waals surface area (Å²) >= 11 is 3.66. The Morgan fingerprint density at radius 3 is 1.44 bits per heavy atom. The first-order chi connectivity index (χ1) is 27.2. The van der Waals surface area contributed by atoms with E-state index in [0.717, 1.165) is 15.8 Å². The van der Waals surface area contributed by atoms with Crippen molar-refractivity contribution < 1.29 is 0 Å². The molecule has 2 nitrogen and oxygen atoms in total. The molecule has 0 aliphatic carbocycles. The summed E-state index contributed by atoms with van der Waals surface area (Å²) in [4.78, 5) is 0. The number of aromatic nitrogens is 2. The molecule has 11 aromatic rings. The molecule has 0 N–H and O–H groups in total. The summed E-state index contributed by atoms with van der Waals surface area (Å²) in [6.07, 6.45) is 0. The fourth-order valence-electron chi connectivity index (χ4n) is 8.60. The van der Waals surface area contributed by atoms with Crippen LogP contribution in [0.3, 0.4) is 0 Å². The van der Waals surface area contributed by atoms with Crippen molar-refractivity contribution in [3.05, 3.63) is 205 Å². The summed E-state index contributed by atoms with van der Waals surface area (Å²) in [6, 6.07) is 73.1. The van der Waals surface area contributed by atoms with Gasteiger partial charge in [-0.05, 0) is 135 Å². The van der Waals surface area contributed by atoms with Crippen molar-refractivity contribution >= 4 is 70.3 Å². The molecule has 9 aromatic carbocycles. The summed E-state index contributed by atoms with van der Waals surface area (Å²) < 4.78 is 5.86. The van der Waals surface area contributed by atoms with Crippen LogP contribution in [0.5, 0.6) is 0 Å². The molecule has 3 heteroatoms. The summed E-state index contributed by atoms with van der Waals surface area (Å²) in [6.45, 7) is 0. The number of hydrogen-bond donors (Lipinski definition) is 0. The highest BCUT2D eigenvalue weighted by molar-refractivity contribution is 9.10. The fourth-order valence-corrected chi connectivity index (χ4v) is 8.87. The van der Waals surface area contributed by atoms with Gasteiger partial charge in [-0.25, -0.2) is 0 Å². The van der Waals surface area contributed by atoms with Crippen LogP contribution in [0.25, 0.3) is 99.1 Å². The van der Waals surface area contributed by atoms with Crippen molar-refractivity contribution in [2.45, 2.75) is 0 Å². The lowest BCUT2D eigenvalue weighted by Gasteiger charge is -2.13. The summed E-state index contributed by atoms with van der Waals surface area (Å²) in [5.74, 6) is 0. The molecule has 0 unspecified atom stereocenters. The third-order valence-electron chi connectivity index (χ3n) is 11.1. The van der Waals surface area contributed by atoms with E-state index in [2.05, 4.69) is 225 Å². The van der Waals surface area contributed by atoms with E-state index in [1.165, 1.54) is 87.8 Å². The second-order valence-electron chi connectivity index (χ2n) is 14.3. The van der Waals surface area contributed by atoms with Crippen molar-refractivity contribution in [2.75, 3.05) is 0 Å². The summed E-state index contributed by atoms with van der Waals surface area (Å²) in [5, 5.41) is 7.54. The van der Waals surface area contributed by atoms with E-state index in [4.69, 9.17) is 0 Å². The lowest BCUT2D eigenvalue weighted by atomic mass is 9.92. The lowest BCUT2D eigenvalue weighted by Crippen LogP contribution is -1.93. The average Bonchev–Trinajstić information content (AvgIpc) is 3.77. The maximum absolute atomic E-state index is 3.66. The maximum Gasteiger partial charge on any atom is 0.0547 e. The Hall–Kier alpha value is -6.68. The van der Waals surface area contributed by atoms with Crippen LogP contribution in [0.2, 0.25) is 0 Å². The van der Waals surface area contributed by atoms with Crippen molar-refractivity contribution in [3.8, 4) is 44.8 Å². The molecule has 2 aromatic heterocycles. The minimum atomic E-state index is 1.07. The normalized spacial score (nSPS) is 11.7. The van der Waals surface area contributed by atoms with Gasteiger partial charge >= 0.3 is 0 Å². The Balaban J connectivity index is 1.15. The predicted molar refractivity (Wildman–Crippen MR) is 237 cm³/mol. The van der Waals surface area contributed by atoms with E-state index in [1.807, 2.05) is 0 Å². The molecule has 0 radical (unpaired) electrons. The van der Waals surface area contributed by atoms with E-state index in [1.54, 1.807) is 0 Å². The molecule has 11 rings (SSSR count). The molecule has 0 atom stereocenters. The quantitative estimate of drug-likeness (QED) is 0.165. The van der Waals surface area contributed by atoms with Gasteiger partial charge in [-0.3, -0.25) is 0 Å². The zero-order valence-electron chi connectivity index (χ0n) is 29.8. The SMILES string of the molecule is Brc1ccc(-c2cc(-c3ccc4c(c3)c3ccccc3n4-c3ccccc3)cc(-c3ccc4c(c3)c3c5ccccc5ccc3n4-c3ccccc3)c2)cc1. The van der Waals surface area contributed by atoms with Crippen LogP contribution >= 0.6 is 15.9 Å². The van der Waals surface area contributed by atoms with Gasteiger partial charge in [0, 0.05) is 37.4 Å². The van der Waals surface area contributed by atoms with Crippen LogP contribution < -0.4 is 0 Å². The van der Waals surface area contributed by atoms with Gasteiger partial charge in [-0.2, -0.15) is 0 Å². The van der Waals surface area contributed by atoms with Gasteiger partial charge in [0.15, 0.2) is 0 Å². The molecule has 0 amide bonds. The number of halogens is 1. The lowest BCUT2D eigenvalue weighted by molar-refractivity contribution is 1.18. The van der Waals surface area contributed by atoms with Crippen LogP contribution in [0.15, 0.2) is 205 Å². The zero-order chi connectivity index (χ0) is 36.5. The maximum atomic E-state index is 3.66. The first-order valence-electron chi connectivity index (χ1n) is 18.7. The summed E-state index contributed by atoms with van der Waals surface area (Å²) in [7, 11) is 0. The molecule has 0 fully saturated rings. The van der Waals surface area contributed by atoms with Crippen LogP contribution in [0.1, 0.15) is 0 Å². The molecule has 0 aliphatic rings. The monoisotopic (exact) mass is 764 g/mol. The van der Waals surface area contributed by atoms with Gasteiger partial charge in [0.1, 0.15) is 0 Å². The number of fused-ring (bicyclic) bond motifs is 8. The largest absolute Gasteiger partial charge is 0.309 e. The standard InChI is InChI=1S/C52H33BrN2/c53-41-24-19-34(20-25-41)38-29-39(36-22-26-49-46(32-36)45-17-9-10-18-48(45)54(49)42-12-3-1-4-13-42)31-40(30-38)37-23-27-50-47(33-37)52-44-16-8-7-11-35(44)21-28-51(52)55(50)43-14-5-2-6-15-43/h1-33H. The Morgan fingerprint density at radius 1 is 0.291 bits per heavy atom. The highest BCUT2D eigenvalue weighted by atomic mass is 79.9. The molecule has 258 valence electrons. The molecule has 0 saturated carbocycles. The third kappa shape index (κ3) is 5.23. The molecule has 0 aliphatic heterocycles. The smallest absolute Gasteiger partial charge is 0.0547 e. The second kappa shape index (κ2) is 12.7. The highest BCUT2D eigenvalue weighted by Crippen LogP contribution is 2.41. The molecule has 0 bridgehead atoms.